The summed E-state index contributed by atoms with van der Waals surface area (Å²) in [6, 6.07) is 0. The maximum absolute atomic E-state index is 9.03. The van der Waals surface area contributed by atoms with Crippen molar-refractivity contribution in [3.8, 4) is 0 Å². The van der Waals surface area contributed by atoms with Crippen molar-refractivity contribution >= 4 is 0 Å². The van der Waals surface area contributed by atoms with Crippen molar-refractivity contribution < 1.29 is 9.84 Å². The van der Waals surface area contributed by atoms with Crippen LogP contribution in [0, 0.1) is 0 Å². The molecule has 10 heavy (non-hydrogen) atoms. The number of rotatable bonds is 3. The second-order valence-corrected chi connectivity index (χ2v) is 1.66. The minimum atomic E-state index is 0.0561. The van der Waals surface area contributed by atoms with E-state index in [2.05, 4.69) is 6.58 Å². The first kappa shape index (κ1) is 8.82. The van der Waals surface area contributed by atoms with Crippen molar-refractivity contribution in [2.45, 2.75) is 6.92 Å². The molecule has 0 heterocycles. The molecule has 0 aliphatic carbocycles. The predicted molar refractivity (Wildman–Crippen MR) is 41.7 cm³/mol. The molecule has 0 fully saturated rings. The van der Waals surface area contributed by atoms with Crippen LogP contribution in [-0.2, 0) is 4.74 Å². The Hall–Kier alpha value is -1.18. The summed E-state index contributed by atoms with van der Waals surface area (Å²) in [5.74, 6) is 0.484. The smallest absolute Gasteiger partial charge is 0.160 e. The van der Waals surface area contributed by atoms with E-state index in [4.69, 9.17) is 9.84 Å². The van der Waals surface area contributed by atoms with Gasteiger partial charge in [0.05, 0.1) is 7.11 Å². The lowest BCUT2D eigenvalue weighted by molar-refractivity contribution is 0.275. The van der Waals surface area contributed by atoms with Gasteiger partial charge in [-0.25, -0.2) is 0 Å². The van der Waals surface area contributed by atoms with Crippen molar-refractivity contribution in [3.63, 3.8) is 0 Å². The molecule has 0 aliphatic heterocycles. The average Bonchev–Trinajstić information content (AvgIpc) is 1.99. The first-order valence-corrected chi connectivity index (χ1v) is 2.98. The zero-order valence-corrected chi connectivity index (χ0v) is 6.29. The van der Waals surface area contributed by atoms with Gasteiger partial charge in [-0.15, -0.1) is 0 Å². The van der Waals surface area contributed by atoms with E-state index in [0.717, 1.165) is 0 Å². The summed E-state index contributed by atoms with van der Waals surface area (Å²) in [5, 5.41) is 9.03. The van der Waals surface area contributed by atoms with Gasteiger partial charge in [-0.05, 0) is 19.1 Å². The number of aliphatic hydroxyl groups excluding tert-OH is 1. The van der Waals surface area contributed by atoms with Gasteiger partial charge >= 0.3 is 0 Å². The Morgan fingerprint density at radius 3 is 2.50 bits per heavy atom. The summed E-state index contributed by atoms with van der Waals surface area (Å²) in [4.78, 5) is 0. The number of allylic oxidation sites excluding steroid dienone is 3. The van der Waals surface area contributed by atoms with Gasteiger partial charge in [0, 0.05) is 0 Å². The normalized spacial score (nSPS) is 13.0. The molecule has 0 aliphatic rings. The molecule has 1 N–H and O–H groups in total. The van der Waals surface area contributed by atoms with Crippen LogP contribution >= 0.6 is 0 Å². The Bertz CT molecular complexity index is 166. The third-order valence-corrected chi connectivity index (χ3v) is 0.984. The van der Waals surface area contributed by atoms with Crippen LogP contribution in [0.4, 0.5) is 0 Å². The summed E-state index contributed by atoms with van der Waals surface area (Å²) in [6.45, 7) is 5.23. The summed E-state index contributed by atoms with van der Waals surface area (Å²) >= 11 is 0. The zero-order valence-electron chi connectivity index (χ0n) is 6.29. The van der Waals surface area contributed by atoms with Gasteiger partial charge in [-0.1, -0.05) is 12.7 Å². The van der Waals surface area contributed by atoms with E-state index in [1.165, 1.54) is 13.2 Å². The molecule has 0 aromatic rings. The first-order valence-electron chi connectivity index (χ1n) is 2.98. The van der Waals surface area contributed by atoms with Crippen molar-refractivity contribution in [1.29, 1.82) is 0 Å². The lowest BCUT2D eigenvalue weighted by atomic mass is 10.3. The maximum Gasteiger partial charge on any atom is 0.160 e. The summed E-state index contributed by atoms with van der Waals surface area (Å²) in [7, 11) is 1.50. The van der Waals surface area contributed by atoms with Crippen molar-refractivity contribution in [2.75, 3.05) is 7.11 Å². The van der Waals surface area contributed by atoms with Gasteiger partial charge < -0.3 is 9.84 Å². The molecule has 0 aromatic heterocycles. The van der Waals surface area contributed by atoms with Gasteiger partial charge in [0.15, 0.2) is 11.5 Å². The molecular formula is C8H12O2. The van der Waals surface area contributed by atoms with Gasteiger partial charge in [-0.2, -0.15) is 0 Å². The predicted octanol–water partition coefficient (Wildman–Crippen LogP) is 2.16. The highest BCUT2D eigenvalue weighted by Crippen LogP contribution is 2.04. The Balaban J connectivity index is 4.44. The van der Waals surface area contributed by atoms with E-state index in [1.807, 2.05) is 6.92 Å². The summed E-state index contributed by atoms with van der Waals surface area (Å²) in [6.07, 6.45) is 4.77. The number of ether oxygens (including phenoxy) is 1. The molecule has 0 amide bonds. The Kier molecular flexibility index (Phi) is 4.12. The molecule has 0 unspecified atom stereocenters. The minimum absolute atomic E-state index is 0.0561. The molecule has 56 valence electrons. The lowest BCUT2D eigenvalue weighted by Gasteiger charge is -1.99. The lowest BCUT2D eigenvalue weighted by Crippen LogP contribution is -1.87. The van der Waals surface area contributed by atoms with Crippen molar-refractivity contribution in [3.05, 3.63) is 36.3 Å². The van der Waals surface area contributed by atoms with E-state index >= 15 is 0 Å². The second-order valence-electron chi connectivity index (χ2n) is 1.66. The van der Waals surface area contributed by atoms with Crippen LogP contribution in [0.5, 0.6) is 0 Å². The average molecular weight is 140 g/mol. The van der Waals surface area contributed by atoms with Crippen molar-refractivity contribution in [2.24, 2.45) is 0 Å². The fourth-order valence-corrected chi connectivity index (χ4v) is 0.510. The molecule has 0 spiro atoms. The van der Waals surface area contributed by atoms with Crippen molar-refractivity contribution in [1.82, 2.24) is 0 Å². The highest BCUT2D eigenvalue weighted by atomic mass is 16.5. The molecule has 0 saturated carbocycles. The Morgan fingerprint density at radius 1 is 1.60 bits per heavy atom. The Labute approximate surface area is 61.1 Å². The van der Waals surface area contributed by atoms with E-state index in [0.29, 0.717) is 5.76 Å². The monoisotopic (exact) mass is 140 g/mol. The number of methoxy groups -OCH3 is 1. The van der Waals surface area contributed by atoms with E-state index in [1.54, 1.807) is 12.2 Å². The molecule has 0 bridgehead atoms. The molecule has 0 radical (unpaired) electrons. The highest BCUT2D eigenvalue weighted by molar-refractivity contribution is 5.21. The van der Waals surface area contributed by atoms with Crippen LogP contribution in [0.1, 0.15) is 6.92 Å². The third-order valence-electron chi connectivity index (χ3n) is 0.984. The topological polar surface area (TPSA) is 29.5 Å². The Morgan fingerprint density at radius 2 is 2.20 bits per heavy atom. The van der Waals surface area contributed by atoms with Crippen LogP contribution in [0.25, 0.3) is 0 Å². The quantitative estimate of drug-likeness (QED) is 0.481. The third kappa shape index (κ3) is 2.40. The maximum atomic E-state index is 9.03. The standard InChI is InChI=1S/C8H12O2/c1-4-6-8(10-3)7(9)5-2/h4-6,9H,2H2,1,3H3/b6-4-,8-7-. The number of hydrogen-bond donors (Lipinski definition) is 1. The van der Waals surface area contributed by atoms with Crippen LogP contribution in [0.15, 0.2) is 36.3 Å². The largest absolute Gasteiger partial charge is 0.504 e. The van der Waals surface area contributed by atoms with Crippen LogP contribution < -0.4 is 0 Å². The van der Waals surface area contributed by atoms with E-state index in [9.17, 15) is 0 Å². The molecule has 2 heteroatoms. The fourth-order valence-electron chi connectivity index (χ4n) is 0.510. The zero-order chi connectivity index (χ0) is 7.98. The fraction of sp³-hybridized carbons (Fsp3) is 0.250. The van der Waals surface area contributed by atoms with Crippen LogP contribution in [0.3, 0.4) is 0 Å². The second kappa shape index (κ2) is 4.68. The van der Waals surface area contributed by atoms with E-state index < -0.39 is 0 Å². The molecule has 2 nitrogen and oxygen atoms in total. The van der Waals surface area contributed by atoms with Gasteiger partial charge in [0.25, 0.3) is 0 Å². The first-order chi connectivity index (χ1) is 4.76. The highest BCUT2D eigenvalue weighted by Gasteiger charge is 1.94. The van der Waals surface area contributed by atoms with E-state index in [-0.39, 0.29) is 5.76 Å². The SMILES string of the molecule is C=C/C(O)=C(\C=C/C)OC. The van der Waals surface area contributed by atoms with Crippen LogP contribution in [0.2, 0.25) is 0 Å². The van der Waals surface area contributed by atoms with Gasteiger partial charge in [0.1, 0.15) is 0 Å². The molecule has 0 atom stereocenters. The summed E-state index contributed by atoms with van der Waals surface area (Å²) < 4.78 is 4.81. The number of hydrogen-bond acceptors (Lipinski definition) is 2. The minimum Gasteiger partial charge on any atom is -0.504 e. The summed E-state index contributed by atoms with van der Waals surface area (Å²) in [5.41, 5.74) is 0. The van der Waals surface area contributed by atoms with Crippen LogP contribution in [-0.4, -0.2) is 12.2 Å². The van der Waals surface area contributed by atoms with Gasteiger partial charge in [0.2, 0.25) is 0 Å². The van der Waals surface area contributed by atoms with Gasteiger partial charge in [-0.3, -0.25) is 0 Å². The number of aliphatic hydroxyl groups is 1. The molecule has 0 saturated heterocycles. The molecule has 0 aromatic carbocycles. The molecule has 0 rings (SSSR count). The molecular weight excluding hydrogens is 128 g/mol.